The Morgan fingerprint density at radius 2 is 2.08 bits per heavy atom. The zero-order valence-corrected chi connectivity index (χ0v) is 16.5. The molecule has 1 unspecified atom stereocenters. The summed E-state index contributed by atoms with van der Waals surface area (Å²) in [7, 11) is 0. The van der Waals surface area contributed by atoms with Gasteiger partial charge in [-0.05, 0) is 36.7 Å². The Morgan fingerprint density at radius 3 is 2.81 bits per heavy atom. The van der Waals surface area contributed by atoms with E-state index in [2.05, 4.69) is 48.2 Å². The van der Waals surface area contributed by atoms with Gasteiger partial charge in [-0.1, -0.05) is 46.3 Å². The smallest absolute Gasteiger partial charge is 0.231 e. The second-order valence-electron chi connectivity index (χ2n) is 6.32. The van der Waals surface area contributed by atoms with Crippen molar-refractivity contribution in [2.75, 3.05) is 18.4 Å². The molecule has 1 atom stereocenters. The zero-order valence-electron chi connectivity index (χ0n) is 14.1. The molecule has 4 rings (SSSR count). The van der Waals surface area contributed by atoms with E-state index in [4.69, 9.17) is 0 Å². The lowest BCUT2D eigenvalue weighted by Gasteiger charge is -2.12. The number of nitrogens with zero attached hydrogens (tertiary/aromatic N) is 2. The van der Waals surface area contributed by atoms with Gasteiger partial charge in [-0.25, -0.2) is 4.98 Å². The molecule has 0 spiro atoms. The van der Waals surface area contributed by atoms with Crippen molar-refractivity contribution < 1.29 is 4.79 Å². The molecule has 0 bridgehead atoms. The van der Waals surface area contributed by atoms with Crippen LogP contribution in [-0.4, -0.2) is 28.5 Å². The topological polar surface area (TPSA) is 59.0 Å². The molecule has 2 aromatic carbocycles. The van der Waals surface area contributed by atoms with Gasteiger partial charge >= 0.3 is 0 Å². The van der Waals surface area contributed by atoms with Crippen LogP contribution in [0.1, 0.15) is 12.0 Å². The van der Waals surface area contributed by atoms with Crippen LogP contribution in [0.25, 0.3) is 11.0 Å². The van der Waals surface area contributed by atoms with E-state index in [1.54, 1.807) is 0 Å². The fourth-order valence-corrected chi connectivity index (χ4v) is 3.56. The average Bonchev–Trinajstić information content (AvgIpc) is 3.25. The third kappa shape index (κ3) is 3.92. The van der Waals surface area contributed by atoms with Crippen LogP contribution in [0, 0.1) is 5.92 Å². The van der Waals surface area contributed by atoms with E-state index in [0.717, 1.165) is 35.0 Å². The van der Waals surface area contributed by atoms with Crippen molar-refractivity contribution in [3.8, 4) is 0 Å². The Balaban J connectivity index is 0.00000196. The van der Waals surface area contributed by atoms with Crippen LogP contribution >= 0.6 is 28.3 Å². The van der Waals surface area contributed by atoms with Crippen LogP contribution in [0.2, 0.25) is 0 Å². The highest BCUT2D eigenvalue weighted by Crippen LogP contribution is 2.25. The van der Waals surface area contributed by atoms with Gasteiger partial charge in [0.2, 0.25) is 11.9 Å². The molecule has 1 aromatic heterocycles. The number of rotatable bonds is 4. The Kier molecular flexibility index (Phi) is 5.96. The molecule has 2 heterocycles. The number of carbonyl (C=O) groups is 1. The van der Waals surface area contributed by atoms with Gasteiger partial charge in [0, 0.05) is 11.0 Å². The fraction of sp³-hybridized carbons (Fsp3) is 0.263. The molecule has 1 aliphatic rings. The Hall–Kier alpha value is -1.89. The third-order valence-electron chi connectivity index (χ3n) is 4.56. The summed E-state index contributed by atoms with van der Waals surface area (Å²) < 4.78 is 3.04. The second-order valence-corrected chi connectivity index (χ2v) is 7.23. The number of aromatic nitrogens is 2. The number of hydrogen-bond acceptors (Lipinski definition) is 3. The monoisotopic (exact) mass is 434 g/mol. The summed E-state index contributed by atoms with van der Waals surface area (Å²) >= 11 is 3.49. The molecule has 0 radical (unpaired) electrons. The first-order valence-corrected chi connectivity index (χ1v) is 9.21. The van der Waals surface area contributed by atoms with E-state index in [0.29, 0.717) is 12.5 Å². The molecule has 7 heteroatoms. The maximum absolute atomic E-state index is 12.5. The van der Waals surface area contributed by atoms with Crippen molar-refractivity contribution in [3.05, 3.63) is 58.6 Å². The Bertz CT molecular complexity index is 907. The molecule has 1 amide bonds. The van der Waals surface area contributed by atoms with Gasteiger partial charge in [-0.3, -0.25) is 10.1 Å². The number of hydrogen-bond donors (Lipinski definition) is 2. The highest BCUT2D eigenvalue weighted by atomic mass is 79.9. The number of benzene rings is 2. The van der Waals surface area contributed by atoms with Crippen LogP contribution in [0.15, 0.2) is 53.0 Å². The maximum Gasteiger partial charge on any atom is 0.231 e. The molecule has 1 aliphatic heterocycles. The summed E-state index contributed by atoms with van der Waals surface area (Å²) in [6.07, 6.45) is 0.871. The van der Waals surface area contributed by atoms with Crippen molar-refractivity contribution in [3.63, 3.8) is 0 Å². The Labute approximate surface area is 166 Å². The number of fused-ring (bicyclic) bond motifs is 1. The number of amides is 1. The van der Waals surface area contributed by atoms with Gasteiger partial charge < -0.3 is 9.88 Å². The lowest BCUT2D eigenvalue weighted by atomic mass is 10.1. The predicted octanol–water partition coefficient (Wildman–Crippen LogP) is 3.82. The number of nitrogens with one attached hydrogen (secondary N) is 2. The fourth-order valence-electron chi connectivity index (χ4n) is 3.22. The van der Waals surface area contributed by atoms with E-state index < -0.39 is 0 Å². The first-order chi connectivity index (χ1) is 12.2. The molecule has 2 N–H and O–H groups in total. The zero-order chi connectivity index (χ0) is 17.2. The molecule has 0 aliphatic carbocycles. The second kappa shape index (κ2) is 8.20. The summed E-state index contributed by atoms with van der Waals surface area (Å²) in [5.74, 6) is 0.652. The first-order valence-electron chi connectivity index (χ1n) is 8.42. The lowest BCUT2D eigenvalue weighted by Crippen LogP contribution is -2.26. The van der Waals surface area contributed by atoms with Crippen molar-refractivity contribution >= 4 is 51.2 Å². The molecule has 0 saturated carbocycles. The number of anilines is 1. The van der Waals surface area contributed by atoms with Gasteiger partial charge in [0.1, 0.15) is 0 Å². The van der Waals surface area contributed by atoms with Crippen LogP contribution in [0.3, 0.4) is 0 Å². The molecule has 3 aromatic rings. The third-order valence-corrected chi connectivity index (χ3v) is 5.05. The van der Waals surface area contributed by atoms with E-state index in [1.165, 1.54) is 5.56 Å². The first kappa shape index (κ1) is 18.9. The SMILES string of the molecule is Cl.O=C(Nc1nc2cc(Br)ccc2n1Cc1ccccc1)C1CCNC1. The number of carbonyl (C=O) groups excluding carboxylic acids is 1. The molecule has 136 valence electrons. The van der Waals surface area contributed by atoms with Crippen LogP contribution in [0.4, 0.5) is 5.95 Å². The van der Waals surface area contributed by atoms with Crippen LogP contribution in [0.5, 0.6) is 0 Å². The standard InChI is InChI=1S/C19H19BrN4O.ClH/c20-15-6-7-17-16(10-15)22-19(23-18(25)14-8-9-21-11-14)24(17)12-13-4-2-1-3-5-13;/h1-7,10,14,21H,8-9,11-12H2,(H,22,23,25);1H. The summed E-state index contributed by atoms with van der Waals surface area (Å²) in [4.78, 5) is 17.2. The molecular formula is C19H20BrClN4O. The highest BCUT2D eigenvalue weighted by molar-refractivity contribution is 9.10. The molecule has 5 nitrogen and oxygen atoms in total. The maximum atomic E-state index is 12.5. The van der Waals surface area contributed by atoms with Crippen LogP contribution in [-0.2, 0) is 11.3 Å². The minimum absolute atomic E-state index is 0. The van der Waals surface area contributed by atoms with E-state index in [1.807, 2.05) is 36.4 Å². The van der Waals surface area contributed by atoms with Crippen molar-refractivity contribution in [1.82, 2.24) is 14.9 Å². The number of imidazole rings is 1. The molecule has 1 fully saturated rings. The summed E-state index contributed by atoms with van der Waals surface area (Å²) in [5.41, 5.74) is 3.04. The van der Waals surface area contributed by atoms with E-state index in [9.17, 15) is 4.79 Å². The normalized spacial score (nSPS) is 16.4. The minimum atomic E-state index is 0. The molecule has 1 saturated heterocycles. The Morgan fingerprint density at radius 1 is 1.27 bits per heavy atom. The van der Waals surface area contributed by atoms with Crippen molar-refractivity contribution in [2.45, 2.75) is 13.0 Å². The predicted molar refractivity (Wildman–Crippen MR) is 110 cm³/mol. The minimum Gasteiger partial charge on any atom is -0.316 e. The quantitative estimate of drug-likeness (QED) is 0.655. The van der Waals surface area contributed by atoms with Gasteiger partial charge in [0.25, 0.3) is 0 Å². The average molecular weight is 436 g/mol. The summed E-state index contributed by atoms with van der Waals surface area (Å²) in [6, 6.07) is 16.2. The van der Waals surface area contributed by atoms with E-state index in [-0.39, 0.29) is 24.2 Å². The van der Waals surface area contributed by atoms with E-state index >= 15 is 0 Å². The molecule has 26 heavy (non-hydrogen) atoms. The van der Waals surface area contributed by atoms with Gasteiger partial charge in [-0.2, -0.15) is 0 Å². The lowest BCUT2D eigenvalue weighted by molar-refractivity contribution is -0.119. The van der Waals surface area contributed by atoms with Crippen molar-refractivity contribution in [2.24, 2.45) is 5.92 Å². The van der Waals surface area contributed by atoms with Crippen molar-refractivity contribution in [1.29, 1.82) is 0 Å². The highest BCUT2D eigenvalue weighted by Gasteiger charge is 2.24. The molecular weight excluding hydrogens is 416 g/mol. The largest absolute Gasteiger partial charge is 0.316 e. The van der Waals surface area contributed by atoms with Gasteiger partial charge in [0.05, 0.1) is 23.5 Å². The van der Waals surface area contributed by atoms with Crippen LogP contribution < -0.4 is 10.6 Å². The summed E-state index contributed by atoms with van der Waals surface area (Å²) in [5, 5.41) is 6.27. The van der Waals surface area contributed by atoms with Gasteiger partial charge in [-0.15, -0.1) is 12.4 Å². The van der Waals surface area contributed by atoms with Gasteiger partial charge in [0.15, 0.2) is 0 Å². The summed E-state index contributed by atoms with van der Waals surface area (Å²) in [6.45, 7) is 2.29. The number of halogens is 2.